The van der Waals surface area contributed by atoms with Crippen LogP contribution >= 0.6 is 11.6 Å². The van der Waals surface area contributed by atoms with Gasteiger partial charge in [-0.15, -0.1) is 0 Å². The van der Waals surface area contributed by atoms with Crippen LogP contribution in [0.15, 0.2) is 65.3 Å². The maximum Gasteiger partial charge on any atom is 0.291 e. The van der Waals surface area contributed by atoms with Crippen LogP contribution in [-0.4, -0.2) is 24.3 Å². The van der Waals surface area contributed by atoms with Gasteiger partial charge in [0.25, 0.3) is 17.7 Å². The highest BCUT2D eigenvalue weighted by molar-refractivity contribution is 6.31. The number of benzene rings is 2. The van der Waals surface area contributed by atoms with E-state index in [-0.39, 0.29) is 17.6 Å². The molecule has 0 aliphatic heterocycles. The number of amides is 3. The van der Waals surface area contributed by atoms with Gasteiger partial charge >= 0.3 is 0 Å². The Morgan fingerprint density at radius 1 is 0.933 bits per heavy atom. The van der Waals surface area contributed by atoms with E-state index in [1.807, 2.05) is 6.92 Å². The van der Waals surface area contributed by atoms with E-state index in [2.05, 4.69) is 16.0 Å². The van der Waals surface area contributed by atoms with E-state index in [0.717, 1.165) is 6.42 Å². The lowest BCUT2D eigenvalue weighted by atomic mass is 10.1. The number of anilines is 2. The number of rotatable bonds is 7. The van der Waals surface area contributed by atoms with Gasteiger partial charge in [-0.05, 0) is 61.0 Å². The summed E-state index contributed by atoms with van der Waals surface area (Å²) < 4.78 is 5.04. The Balaban J connectivity index is 1.71. The molecular weight excluding hydrogens is 406 g/mol. The van der Waals surface area contributed by atoms with Crippen LogP contribution in [0.5, 0.6) is 0 Å². The molecule has 0 saturated carbocycles. The number of carbonyl (C=O) groups excluding carboxylic acids is 3. The van der Waals surface area contributed by atoms with Gasteiger partial charge in [0.15, 0.2) is 5.76 Å². The molecule has 2 aromatic carbocycles. The van der Waals surface area contributed by atoms with Gasteiger partial charge in [0.05, 0.1) is 17.5 Å². The van der Waals surface area contributed by atoms with E-state index in [9.17, 15) is 14.4 Å². The Hall–Kier alpha value is -3.58. The van der Waals surface area contributed by atoms with E-state index in [1.165, 1.54) is 12.3 Å². The molecule has 0 atom stereocenters. The molecule has 3 rings (SSSR count). The summed E-state index contributed by atoms with van der Waals surface area (Å²) in [5, 5.41) is 8.57. The summed E-state index contributed by atoms with van der Waals surface area (Å²) in [6.07, 6.45) is 2.21. The molecule has 0 aliphatic rings. The molecule has 3 N–H and O–H groups in total. The van der Waals surface area contributed by atoms with Crippen molar-refractivity contribution in [2.75, 3.05) is 17.2 Å². The number of nitrogens with one attached hydrogen (secondary N) is 3. The molecule has 154 valence electrons. The van der Waals surface area contributed by atoms with Crippen LogP contribution in [0.4, 0.5) is 11.4 Å². The van der Waals surface area contributed by atoms with Crippen molar-refractivity contribution in [3.63, 3.8) is 0 Å². The highest BCUT2D eigenvalue weighted by atomic mass is 35.5. The summed E-state index contributed by atoms with van der Waals surface area (Å²) in [5.74, 6) is -0.906. The van der Waals surface area contributed by atoms with Crippen LogP contribution in [0.2, 0.25) is 5.02 Å². The minimum absolute atomic E-state index is 0.187. The summed E-state index contributed by atoms with van der Waals surface area (Å²) >= 11 is 6.04. The summed E-state index contributed by atoms with van der Waals surface area (Å²) in [6, 6.07) is 14.2. The van der Waals surface area contributed by atoms with Crippen molar-refractivity contribution in [2.24, 2.45) is 0 Å². The molecule has 0 spiro atoms. The van der Waals surface area contributed by atoms with Gasteiger partial charge in [-0.25, -0.2) is 0 Å². The van der Waals surface area contributed by atoms with Crippen molar-refractivity contribution >= 4 is 40.7 Å². The molecule has 1 aromatic heterocycles. The van der Waals surface area contributed by atoms with Crippen molar-refractivity contribution in [1.82, 2.24) is 5.32 Å². The zero-order valence-electron chi connectivity index (χ0n) is 16.2. The van der Waals surface area contributed by atoms with Gasteiger partial charge < -0.3 is 20.4 Å². The number of halogens is 1. The molecule has 0 unspecified atom stereocenters. The van der Waals surface area contributed by atoms with Crippen molar-refractivity contribution in [1.29, 1.82) is 0 Å². The van der Waals surface area contributed by atoms with Gasteiger partial charge in [0, 0.05) is 22.8 Å². The monoisotopic (exact) mass is 425 g/mol. The molecular formula is C22H20ClN3O4. The second-order valence-electron chi connectivity index (χ2n) is 6.41. The average molecular weight is 426 g/mol. The van der Waals surface area contributed by atoms with E-state index in [1.54, 1.807) is 48.5 Å². The fourth-order valence-corrected chi connectivity index (χ4v) is 2.82. The van der Waals surface area contributed by atoms with Crippen LogP contribution in [0.1, 0.15) is 44.6 Å². The lowest BCUT2D eigenvalue weighted by Crippen LogP contribution is -2.25. The molecule has 3 amide bonds. The molecule has 0 aliphatic carbocycles. The molecule has 1 heterocycles. The van der Waals surface area contributed by atoms with Crippen molar-refractivity contribution < 1.29 is 18.8 Å². The van der Waals surface area contributed by atoms with E-state index >= 15 is 0 Å². The number of hydrogen-bond acceptors (Lipinski definition) is 4. The topological polar surface area (TPSA) is 100 Å². The first-order valence-electron chi connectivity index (χ1n) is 9.32. The highest BCUT2D eigenvalue weighted by Crippen LogP contribution is 2.22. The molecule has 0 radical (unpaired) electrons. The third kappa shape index (κ3) is 5.27. The van der Waals surface area contributed by atoms with Gasteiger partial charge in [0.2, 0.25) is 0 Å². The van der Waals surface area contributed by atoms with E-state index in [4.69, 9.17) is 16.0 Å². The zero-order valence-corrected chi connectivity index (χ0v) is 17.0. The quantitative estimate of drug-likeness (QED) is 0.515. The van der Waals surface area contributed by atoms with Crippen LogP contribution < -0.4 is 16.0 Å². The Morgan fingerprint density at radius 3 is 2.37 bits per heavy atom. The maximum absolute atomic E-state index is 12.6. The van der Waals surface area contributed by atoms with E-state index < -0.39 is 5.91 Å². The molecule has 0 bridgehead atoms. The largest absolute Gasteiger partial charge is 0.459 e. The predicted molar refractivity (Wildman–Crippen MR) is 115 cm³/mol. The van der Waals surface area contributed by atoms with Crippen molar-refractivity contribution in [3.05, 3.63) is 82.8 Å². The third-order valence-corrected chi connectivity index (χ3v) is 4.40. The highest BCUT2D eigenvalue weighted by Gasteiger charge is 2.15. The van der Waals surface area contributed by atoms with Crippen LogP contribution in [-0.2, 0) is 0 Å². The normalized spacial score (nSPS) is 10.3. The van der Waals surface area contributed by atoms with Gasteiger partial charge in [-0.2, -0.15) is 0 Å². The first kappa shape index (κ1) is 21.1. The minimum atomic E-state index is -0.411. The molecule has 8 heteroatoms. The first-order chi connectivity index (χ1) is 14.5. The smallest absolute Gasteiger partial charge is 0.291 e. The standard InChI is InChI=1S/C22H20ClN3O4/c1-2-11-24-21(28)17-10-7-15(23)13-18(17)26-20(27)14-5-8-16(9-6-14)25-22(29)19-4-3-12-30-19/h3-10,12-13H,2,11H2,1H3,(H,24,28)(H,25,29)(H,26,27). The van der Waals surface area contributed by atoms with Crippen LogP contribution in [0, 0.1) is 0 Å². The van der Waals surface area contributed by atoms with Gasteiger partial charge in [0.1, 0.15) is 0 Å². The number of carbonyl (C=O) groups is 3. The third-order valence-electron chi connectivity index (χ3n) is 4.16. The summed E-state index contributed by atoms with van der Waals surface area (Å²) in [7, 11) is 0. The Bertz CT molecular complexity index is 1050. The Labute approximate surface area is 178 Å². The fraction of sp³-hybridized carbons (Fsp3) is 0.136. The van der Waals surface area contributed by atoms with Crippen molar-refractivity contribution in [3.8, 4) is 0 Å². The molecule has 3 aromatic rings. The van der Waals surface area contributed by atoms with Gasteiger partial charge in [-0.1, -0.05) is 18.5 Å². The molecule has 0 fully saturated rings. The SMILES string of the molecule is CCCNC(=O)c1ccc(Cl)cc1NC(=O)c1ccc(NC(=O)c2ccco2)cc1. The van der Waals surface area contributed by atoms with E-state index in [0.29, 0.717) is 34.1 Å². The van der Waals surface area contributed by atoms with Crippen LogP contribution in [0.25, 0.3) is 0 Å². The summed E-state index contributed by atoms with van der Waals surface area (Å²) in [4.78, 5) is 37.0. The second-order valence-corrected chi connectivity index (χ2v) is 6.85. The number of hydrogen-bond donors (Lipinski definition) is 3. The molecule has 7 nitrogen and oxygen atoms in total. The summed E-state index contributed by atoms with van der Waals surface area (Å²) in [5.41, 5.74) is 1.50. The van der Waals surface area contributed by atoms with Gasteiger partial charge in [-0.3, -0.25) is 14.4 Å². The number of furan rings is 1. The first-order valence-corrected chi connectivity index (χ1v) is 9.69. The lowest BCUT2D eigenvalue weighted by molar-refractivity contribution is 0.0953. The Morgan fingerprint density at radius 2 is 1.70 bits per heavy atom. The zero-order chi connectivity index (χ0) is 21.5. The predicted octanol–water partition coefficient (Wildman–Crippen LogP) is 4.58. The average Bonchev–Trinajstić information content (AvgIpc) is 3.28. The maximum atomic E-state index is 12.6. The molecule has 0 saturated heterocycles. The fourth-order valence-electron chi connectivity index (χ4n) is 2.65. The Kier molecular flexibility index (Phi) is 6.87. The van der Waals surface area contributed by atoms with Crippen molar-refractivity contribution in [2.45, 2.75) is 13.3 Å². The minimum Gasteiger partial charge on any atom is -0.459 e. The summed E-state index contributed by atoms with van der Waals surface area (Å²) in [6.45, 7) is 2.48. The molecule has 30 heavy (non-hydrogen) atoms. The van der Waals surface area contributed by atoms with Crippen LogP contribution in [0.3, 0.4) is 0 Å². The second kappa shape index (κ2) is 9.76. The lowest BCUT2D eigenvalue weighted by Gasteiger charge is -2.12.